The molecule has 1 aromatic rings. The summed E-state index contributed by atoms with van der Waals surface area (Å²) in [5.74, 6) is 1.25. The molecular formula is C16H27NS. The highest BCUT2D eigenvalue weighted by Crippen LogP contribution is 2.22. The molecule has 102 valence electrons. The van der Waals surface area contributed by atoms with E-state index in [1.807, 2.05) is 11.8 Å². The van der Waals surface area contributed by atoms with Crippen LogP contribution in [0.25, 0.3) is 0 Å². The molecule has 0 unspecified atom stereocenters. The van der Waals surface area contributed by atoms with E-state index in [2.05, 4.69) is 44.3 Å². The topological polar surface area (TPSA) is 12.0 Å². The molecule has 18 heavy (non-hydrogen) atoms. The number of rotatable bonds is 9. The summed E-state index contributed by atoms with van der Waals surface area (Å²) in [5, 5.41) is 3.46. The molecular weight excluding hydrogens is 238 g/mol. The van der Waals surface area contributed by atoms with Gasteiger partial charge in [0, 0.05) is 11.4 Å². The van der Waals surface area contributed by atoms with Crippen molar-refractivity contribution >= 4 is 11.8 Å². The summed E-state index contributed by atoms with van der Waals surface area (Å²) in [6.07, 6.45) is 5.19. The second-order valence-corrected chi connectivity index (χ2v) is 5.99. The highest BCUT2D eigenvalue weighted by molar-refractivity contribution is 7.99. The van der Waals surface area contributed by atoms with E-state index in [-0.39, 0.29) is 0 Å². The molecule has 0 fully saturated rings. The van der Waals surface area contributed by atoms with Gasteiger partial charge in [0.15, 0.2) is 0 Å². The van der Waals surface area contributed by atoms with Gasteiger partial charge in [-0.2, -0.15) is 0 Å². The van der Waals surface area contributed by atoms with Crippen molar-refractivity contribution in [2.75, 3.05) is 12.3 Å². The smallest absolute Gasteiger partial charge is 0.0208 e. The van der Waals surface area contributed by atoms with E-state index in [9.17, 15) is 0 Å². The van der Waals surface area contributed by atoms with Gasteiger partial charge in [0.05, 0.1) is 0 Å². The van der Waals surface area contributed by atoms with Gasteiger partial charge in [-0.25, -0.2) is 0 Å². The highest BCUT2D eigenvalue weighted by atomic mass is 32.2. The SMILES string of the molecule is CCCCCSc1ccc(CNCCC)c(C)c1. The summed E-state index contributed by atoms with van der Waals surface area (Å²) in [7, 11) is 0. The second kappa shape index (κ2) is 9.46. The van der Waals surface area contributed by atoms with Crippen LogP contribution in [0.2, 0.25) is 0 Å². The minimum absolute atomic E-state index is 1.00. The van der Waals surface area contributed by atoms with Crippen LogP contribution in [0.4, 0.5) is 0 Å². The third kappa shape index (κ3) is 5.92. The Morgan fingerprint density at radius 3 is 2.61 bits per heavy atom. The maximum atomic E-state index is 3.46. The molecule has 0 atom stereocenters. The van der Waals surface area contributed by atoms with Gasteiger partial charge in [0.1, 0.15) is 0 Å². The van der Waals surface area contributed by atoms with Gasteiger partial charge in [-0.05, 0) is 55.3 Å². The molecule has 0 aromatic heterocycles. The minimum atomic E-state index is 1.00. The zero-order valence-corrected chi connectivity index (χ0v) is 12.9. The Morgan fingerprint density at radius 1 is 1.11 bits per heavy atom. The summed E-state index contributed by atoms with van der Waals surface area (Å²) in [4.78, 5) is 1.42. The monoisotopic (exact) mass is 265 g/mol. The Labute approximate surface area is 117 Å². The summed E-state index contributed by atoms with van der Waals surface area (Å²) in [5.41, 5.74) is 2.85. The highest BCUT2D eigenvalue weighted by Gasteiger charge is 2.00. The number of nitrogens with one attached hydrogen (secondary N) is 1. The van der Waals surface area contributed by atoms with E-state index in [0.717, 1.165) is 13.1 Å². The molecule has 0 aliphatic rings. The normalized spacial score (nSPS) is 10.8. The van der Waals surface area contributed by atoms with Crippen molar-refractivity contribution in [1.82, 2.24) is 5.32 Å². The molecule has 0 amide bonds. The molecule has 0 bridgehead atoms. The van der Waals surface area contributed by atoms with Crippen LogP contribution in [0.1, 0.15) is 50.7 Å². The first kappa shape index (κ1) is 15.6. The molecule has 0 saturated heterocycles. The van der Waals surface area contributed by atoms with Crippen molar-refractivity contribution < 1.29 is 0 Å². The fourth-order valence-electron chi connectivity index (χ4n) is 1.90. The standard InChI is InChI=1S/C16H27NS/c1-4-6-7-11-18-16-9-8-15(14(3)12-16)13-17-10-5-2/h8-9,12,17H,4-7,10-11,13H2,1-3H3. The van der Waals surface area contributed by atoms with Gasteiger partial charge < -0.3 is 5.32 Å². The van der Waals surface area contributed by atoms with Crippen LogP contribution in [0, 0.1) is 6.92 Å². The van der Waals surface area contributed by atoms with Gasteiger partial charge in [0.2, 0.25) is 0 Å². The van der Waals surface area contributed by atoms with Gasteiger partial charge in [0.25, 0.3) is 0 Å². The lowest BCUT2D eigenvalue weighted by atomic mass is 10.1. The Kier molecular flexibility index (Phi) is 8.19. The van der Waals surface area contributed by atoms with Crippen LogP contribution in [0.15, 0.2) is 23.1 Å². The zero-order valence-electron chi connectivity index (χ0n) is 12.1. The van der Waals surface area contributed by atoms with Gasteiger partial charge in [-0.15, -0.1) is 11.8 Å². The summed E-state index contributed by atoms with van der Waals surface area (Å²) >= 11 is 1.99. The number of aryl methyl sites for hydroxylation is 1. The lowest BCUT2D eigenvalue weighted by Crippen LogP contribution is -2.14. The molecule has 1 nitrogen and oxygen atoms in total. The Balaban J connectivity index is 2.41. The molecule has 0 heterocycles. The van der Waals surface area contributed by atoms with Crippen LogP contribution >= 0.6 is 11.8 Å². The van der Waals surface area contributed by atoms with E-state index < -0.39 is 0 Å². The zero-order chi connectivity index (χ0) is 13.2. The van der Waals surface area contributed by atoms with Crippen LogP contribution in [0.5, 0.6) is 0 Å². The number of unbranched alkanes of at least 4 members (excludes halogenated alkanes) is 2. The first-order valence-electron chi connectivity index (χ1n) is 7.21. The van der Waals surface area contributed by atoms with E-state index >= 15 is 0 Å². The number of benzene rings is 1. The predicted octanol–water partition coefficient (Wildman–Crippen LogP) is 4.78. The van der Waals surface area contributed by atoms with Crippen molar-refractivity contribution in [1.29, 1.82) is 0 Å². The molecule has 0 radical (unpaired) electrons. The van der Waals surface area contributed by atoms with Gasteiger partial charge in [-0.3, -0.25) is 0 Å². The first-order chi connectivity index (χ1) is 8.77. The molecule has 2 heteroatoms. The molecule has 0 aliphatic heterocycles. The fourth-order valence-corrected chi connectivity index (χ4v) is 2.91. The maximum Gasteiger partial charge on any atom is 0.0208 e. The lowest BCUT2D eigenvalue weighted by Gasteiger charge is -2.09. The number of hydrogen-bond acceptors (Lipinski definition) is 2. The van der Waals surface area contributed by atoms with Crippen molar-refractivity contribution in [3.63, 3.8) is 0 Å². The van der Waals surface area contributed by atoms with Crippen LogP contribution in [0.3, 0.4) is 0 Å². The van der Waals surface area contributed by atoms with Gasteiger partial charge >= 0.3 is 0 Å². The minimum Gasteiger partial charge on any atom is -0.313 e. The third-order valence-electron chi connectivity index (χ3n) is 3.07. The third-order valence-corrected chi connectivity index (χ3v) is 4.15. The van der Waals surface area contributed by atoms with Crippen molar-refractivity contribution in [3.8, 4) is 0 Å². The number of thioether (sulfide) groups is 1. The summed E-state index contributed by atoms with van der Waals surface area (Å²) in [6.45, 7) is 8.79. The average Bonchev–Trinajstić information content (AvgIpc) is 2.37. The summed E-state index contributed by atoms with van der Waals surface area (Å²) < 4.78 is 0. The quantitative estimate of drug-likeness (QED) is 0.509. The van der Waals surface area contributed by atoms with Crippen molar-refractivity contribution in [2.45, 2.75) is 57.9 Å². The van der Waals surface area contributed by atoms with Gasteiger partial charge in [-0.1, -0.05) is 32.8 Å². The predicted molar refractivity (Wildman–Crippen MR) is 83.4 cm³/mol. The second-order valence-electron chi connectivity index (χ2n) is 4.82. The van der Waals surface area contributed by atoms with Crippen molar-refractivity contribution in [3.05, 3.63) is 29.3 Å². The van der Waals surface area contributed by atoms with E-state index in [1.54, 1.807) is 0 Å². The Bertz CT molecular complexity index is 336. The van der Waals surface area contributed by atoms with E-state index in [1.165, 1.54) is 47.5 Å². The van der Waals surface area contributed by atoms with Crippen LogP contribution < -0.4 is 5.32 Å². The maximum absolute atomic E-state index is 3.46. The molecule has 1 N–H and O–H groups in total. The summed E-state index contributed by atoms with van der Waals surface area (Å²) in [6, 6.07) is 6.88. The molecule has 1 rings (SSSR count). The fraction of sp³-hybridized carbons (Fsp3) is 0.625. The molecule has 0 aliphatic carbocycles. The Morgan fingerprint density at radius 2 is 1.94 bits per heavy atom. The first-order valence-corrected chi connectivity index (χ1v) is 8.19. The largest absolute Gasteiger partial charge is 0.313 e. The van der Waals surface area contributed by atoms with E-state index in [4.69, 9.17) is 0 Å². The molecule has 0 spiro atoms. The molecule has 1 aromatic carbocycles. The lowest BCUT2D eigenvalue weighted by molar-refractivity contribution is 0.673. The molecule has 0 saturated carbocycles. The van der Waals surface area contributed by atoms with E-state index in [0.29, 0.717) is 0 Å². The van der Waals surface area contributed by atoms with Crippen LogP contribution in [-0.2, 0) is 6.54 Å². The Hall–Kier alpha value is -0.470. The number of hydrogen-bond donors (Lipinski definition) is 1. The van der Waals surface area contributed by atoms with Crippen molar-refractivity contribution in [2.24, 2.45) is 0 Å². The average molecular weight is 265 g/mol. The van der Waals surface area contributed by atoms with Crippen LogP contribution in [-0.4, -0.2) is 12.3 Å².